The zero-order valence-corrected chi connectivity index (χ0v) is 18.2. The fourth-order valence-corrected chi connectivity index (χ4v) is 2.98. The highest BCUT2D eigenvalue weighted by atomic mass is 35.5. The lowest BCUT2D eigenvalue weighted by molar-refractivity contribution is -0.134. The largest absolute Gasteiger partial charge is 0.371 e. The van der Waals surface area contributed by atoms with Crippen LogP contribution in [0, 0.1) is 5.92 Å². The number of hydrogen-bond acceptors (Lipinski definition) is 7. The number of nitrogens with two attached hydrogens (primary N) is 1. The third kappa shape index (κ3) is 7.91. The predicted molar refractivity (Wildman–Crippen MR) is 108 cm³/mol. The minimum Gasteiger partial charge on any atom is -0.371 e. The van der Waals surface area contributed by atoms with Crippen molar-refractivity contribution in [2.24, 2.45) is 11.7 Å². The minimum absolute atomic E-state index is 0. The van der Waals surface area contributed by atoms with Crippen molar-refractivity contribution in [1.82, 2.24) is 19.9 Å². The summed E-state index contributed by atoms with van der Waals surface area (Å²) in [5, 5.41) is 3.98. The van der Waals surface area contributed by atoms with Crippen molar-refractivity contribution >= 4 is 30.7 Å². The minimum atomic E-state index is -0.398. The summed E-state index contributed by atoms with van der Waals surface area (Å²) >= 11 is 0. The molecule has 2 heterocycles. The zero-order valence-electron chi connectivity index (χ0n) is 16.6. The van der Waals surface area contributed by atoms with Gasteiger partial charge in [0.05, 0.1) is 12.6 Å². The van der Waals surface area contributed by atoms with E-state index in [1.54, 1.807) is 0 Å². The molecule has 1 aliphatic rings. The lowest BCUT2D eigenvalue weighted by Gasteiger charge is -2.35. The van der Waals surface area contributed by atoms with E-state index in [0.717, 1.165) is 19.5 Å². The van der Waals surface area contributed by atoms with Crippen LogP contribution in [0.25, 0.3) is 0 Å². The number of amides is 1. The summed E-state index contributed by atoms with van der Waals surface area (Å²) in [6, 6.07) is -0.398. The monoisotopic (exact) mass is 425 g/mol. The molecular weight excluding hydrogens is 393 g/mol. The standard InChI is InChI=1S/C17H31N5O3.2ClH/c1-5-24-13(4)16-19-15(25-20-16)11-21-6-8-22(9-7-21)17(23)14(18)10-12(2)3;;/h12-14H,5-11,18H2,1-4H3;2*1H/t13?,14-;;/m0../s1. The summed E-state index contributed by atoms with van der Waals surface area (Å²) in [7, 11) is 0. The summed E-state index contributed by atoms with van der Waals surface area (Å²) in [5.41, 5.74) is 6.01. The second-order valence-electron chi connectivity index (χ2n) is 6.98. The molecule has 158 valence electrons. The highest BCUT2D eigenvalue weighted by Gasteiger charge is 2.26. The van der Waals surface area contributed by atoms with Crippen LogP contribution in [0.5, 0.6) is 0 Å². The van der Waals surface area contributed by atoms with Crippen molar-refractivity contribution in [1.29, 1.82) is 0 Å². The van der Waals surface area contributed by atoms with Gasteiger partial charge >= 0.3 is 0 Å². The lowest BCUT2D eigenvalue weighted by atomic mass is 10.0. The maximum Gasteiger partial charge on any atom is 0.240 e. The second-order valence-corrected chi connectivity index (χ2v) is 6.98. The Labute approximate surface area is 174 Å². The van der Waals surface area contributed by atoms with Gasteiger partial charge in [-0.05, 0) is 26.2 Å². The van der Waals surface area contributed by atoms with Crippen LogP contribution in [-0.4, -0.2) is 64.7 Å². The maximum absolute atomic E-state index is 12.4. The Hall–Kier alpha value is -0.930. The fourth-order valence-electron chi connectivity index (χ4n) is 2.98. The molecule has 0 spiro atoms. The number of carbonyl (C=O) groups excluding carboxylic acids is 1. The zero-order chi connectivity index (χ0) is 18.4. The van der Waals surface area contributed by atoms with Crippen molar-refractivity contribution in [2.75, 3.05) is 32.8 Å². The average Bonchev–Trinajstić information content (AvgIpc) is 3.03. The highest BCUT2D eigenvalue weighted by molar-refractivity contribution is 5.85. The predicted octanol–water partition coefficient (Wildman–Crippen LogP) is 2.03. The average molecular weight is 426 g/mol. The van der Waals surface area contributed by atoms with Crippen molar-refractivity contribution in [3.8, 4) is 0 Å². The first-order valence-electron chi connectivity index (χ1n) is 9.11. The van der Waals surface area contributed by atoms with Crippen LogP contribution in [0.3, 0.4) is 0 Å². The second kappa shape index (κ2) is 12.5. The third-order valence-electron chi connectivity index (χ3n) is 4.35. The lowest BCUT2D eigenvalue weighted by Crippen LogP contribution is -2.53. The summed E-state index contributed by atoms with van der Waals surface area (Å²) in [4.78, 5) is 20.8. The van der Waals surface area contributed by atoms with Crippen LogP contribution >= 0.6 is 24.8 Å². The fraction of sp³-hybridized carbons (Fsp3) is 0.824. The summed E-state index contributed by atoms with van der Waals surface area (Å²) in [6.07, 6.45) is 0.557. The molecule has 8 nitrogen and oxygen atoms in total. The van der Waals surface area contributed by atoms with Gasteiger partial charge in [0.2, 0.25) is 11.8 Å². The Morgan fingerprint density at radius 1 is 1.22 bits per heavy atom. The molecule has 1 aromatic rings. The quantitative estimate of drug-likeness (QED) is 0.679. The van der Waals surface area contributed by atoms with Gasteiger partial charge < -0.3 is 19.9 Å². The molecule has 2 rings (SSSR count). The number of rotatable bonds is 8. The molecule has 0 radical (unpaired) electrons. The Morgan fingerprint density at radius 2 is 1.85 bits per heavy atom. The molecule has 27 heavy (non-hydrogen) atoms. The first-order chi connectivity index (χ1) is 11.9. The van der Waals surface area contributed by atoms with Crippen molar-refractivity contribution < 1.29 is 14.1 Å². The summed E-state index contributed by atoms with van der Waals surface area (Å²) < 4.78 is 10.8. The molecule has 2 N–H and O–H groups in total. The van der Waals surface area contributed by atoms with Gasteiger partial charge in [-0.25, -0.2) is 0 Å². The van der Waals surface area contributed by atoms with Gasteiger partial charge in [-0.3, -0.25) is 9.69 Å². The van der Waals surface area contributed by atoms with Gasteiger partial charge in [-0.15, -0.1) is 24.8 Å². The molecule has 0 aliphatic carbocycles. The molecule has 10 heteroatoms. The molecule has 1 aromatic heterocycles. The van der Waals surface area contributed by atoms with Crippen LogP contribution < -0.4 is 5.73 Å². The first kappa shape index (κ1) is 26.1. The maximum atomic E-state index is 12.4. The van der Waals surface area contributed by atoms with E-state index in [9.17, 15) is 4.79 Å². The third-order valence-corrected chi connectivity index (χ3v) is 4.35. The van der Waals surface area contributed by atoms with E-state index in [-0.39, 0.29) is 36.8 Å². The molecule has 0 saturated carbocycles. The molecule has 2 atom stereocenters. The van der Waals surface area contributed by atoms with E-state index < -0.39 is 6.04 Å². The molecule has 1 unspecified atom stereocenters. The van der Waals surface area contributed by atoms with Crippen LogP contribution in [-0.2, 0) is 16.1 Å². The van der Waals surface area contributed by atoms with Crippen molar-refractivity contribution in [3.63, 3.8) is 0 Å². The van der Waals surface area contributed by atoms with Gasteiger partial charge in [0, 0.05) is 32.8 Å². The SMILES string of the molecule is CCOC(C)c1noc(CN2CCN(C(=O)[C@@H](N)CC(C)C)CC2)n1.Cl.Cl. The molecule has 1 aliphatic heterocycles. The molecule has 1 saturated heterocycles. The van der Waals surface area contributed by atoms with Gasteiger partial charge in [0.15, 0.2) is 5.82 Å². The summed E-state index contributed by atoms with van der Waals surface area (Å²) in [6.45, 7) is 12.1. The van der Waals surface area contributed by atoms with Crippen molar-refractivity contribution in [2.45, 2.75) is 52.8 Å². The highest BCUT2D eigenvalue weighted by Crippen LogP contribution is 2.15. The molecule has 0 aromatic carbocycles. The van der Waals surface area contributed by atoms with Crippen molar-refractivity contribution in [3.05, 3.63) is 11.7 Å². The number of piperazine rings is 1. The van der Waals surface area contributed by atoms with Gasteiger partial charge in [-0.2, -0.15) is 4.98 Å². The van der Waals surface area contributed by atoms with E-state index in [1.807, 2.05) is 18.7 Å². The smallest absolute Gasteiger partial charge is 0.240 e. The number of aromatic nitrogens is 2. The number of halogens is 2. The van der Waals surface area contributed by atoms with Crippen LogP contribution in [0.15, 0.2) is 4.52 Å². The van der Waals surface area contributed by atoms with E-state index >= 15 is 0 Å². The van der Waals surface area contributed by atoms with Gasteiger partial charge in [0.1, 0.15) is 6.10 Å². The van der Waals surface area contributed by atoms with E-state index in [2.05, 4.69) is 28.9 Å². The van der Waals surface area contributed by atoms with Crippen LogP contribution in [0.4, 0.5) is 0 Å². The van der Waals surface area contributed by atoms with E-state index in [0.29, 0.717) is 43.9 Å². The van der Waals surface area contributed by atoms with Crippen LogP contribution in [0.2, 0.25) is 0 Å². The Morgan fingerprint density at radius 3 is 2.41 bits per heavy atom. The van der Waals surface area contributed by atoms with E-state index in [1.165, 1.54) is 0 Å². The first-order valence-corrected chi connectivity index (χ1v) is 9.11. The molecule has 0 bridgehead atoms. The Balaban J connectivity index is 0.00000338. The Kier molecular flexibility index (Phi) is 12.1. The number of hydrogen-bond donors (Lipinski definition) is 1. The van der Waals surface area contributed by atoms with Gasteiger partial charge in [0.25, 0.3) is 0 Å². The number of carbonyl (C=O) groups is 1. The van der Waals surface area contributed by atoms with Gasteiger partial charge in [-0.1, -0.05) is 19.0 Å². The van der Waals surface area contributed by atoms with E-state index in [4.69, 9.17) is 15.0 Å². The topological polar surface area (TPSA) is 97.7 Å². The normalized spacial score (nSPS) is 17.2. The number of ether oxygens (including phenoxy) is 1. The molecule has 1 fully saturated rings. The number of nitrogens with zero attached hydrogens (tertiary/aromatic N) is 4. The molecular formula is C17H33Cl2N5O3. The Bertz CT molecular complexity index is 550. The summed E-state index contributed by atoms with van der Waals surface area (Å²) in [5.74, 6) is 1.63. The van der Waals surface area contributed by atoms with Crippen LogP contribution in [0.1, 0.15) is 51.9 Å². The molecule has 1 amide bonds.